The standard InChI is InChI=1S/C23H25FN4O3/c24-19-4-2-1-3-18(19)21(13-29)27-22(31)14-5-6-15-12-25-23(28-20(15)11-14)26-16-7-9-17(30)10-8-16/h1-6,11-12,16-17,21,29-30H,7-10,13H2,(H,27,31)(H,25,26,28)/t16-,17-,21?. The van der Waals surface area contributed by atoms with Crippen LogP contribution in [0.1, 0.15) is 47.6 Å². The molecular weight excluding hydrogens is 399 g/mol. The van der Waals surface area contributed by atoms with Gasteiger partial charge in [-0.1, -0.05) is 24.3 Å². The van der Waals surface area contributed by atoms with Crippen LogP contribution in [-0.2, 0) is 0 Å². The molecule has 0 saturated heterocycles. The molecule has 1 atom stereocenters. The molecule has 1 saturated carbocycles. The quantitative estimate of drug-likeness (QED) is 0.485. The van der Waals surface area contributed by atoms with E-state index in [1.54, 1.807) is 36.5 Å². The summed E-state index contributed by atoms with van der Waals surface area (Å²) in [4.78, 5) is 21.6. The Morgan fingerprint density at radius 3 is 2.68 bits per heavy atom. The fourth-order valence-corrected chi connectivity index (χ4v) is 3.86. The van der Waals surface area contributed by atoms with Crippen molar-refractivity contribution in [3.8, 4) is 0 Å². The lowest BCUT2D eigenvalue weighted by Gasteiger charge is -2.26. The Labute approximate surface area is 179 Å². The van der Waals surface area contributed by atoms with Gasteiger partial charge in [-0.3, -0.25) is 4.79 Å². The molecule has 2 aromatic carbocycles. The maximum Gasteiger partial charge on any atom is 0.251 e. The SMILES string of the molecule is O=C(NC(CO)c1ccccc1F)c1ccc2cnc(N[C@H]3CC[C@H](O)CC3)nc2c1. The third-order valence-corrected chi connectivity index (χ3v) is 5.64. The molecule has 0 radical (unpaired) electrons. The molecule has 1 heterocycles. The second-order valence-corrected chi connectivity index (χ2v) is 7.85. The molecule has 3 aromatic rings. The number of carbonyl (C=O) groups is 1. The first-order chi connectivity index (χ1) is 15.0. The molecule has 1 fully saturated rings. The summed E-state index contributed by atoms with van der Waals surface area (Å²) in [5.41, 5.74) is 1.19. The van der Waals surface area contributed by atoms with Crippen LogP contribution in [0.2, 0.25) is 0 Å². The molecule has 0 spiro atoms. The minimum atomic E-state index is -0.853. The highest BCUT2D eigenvalue weighted by Gasteiger charge is 2.21. The van der Waals surface area contributed by atoms with Gasteiger partial charge < -0.3 is 20.8 Å². The van der Waals surface area contributed by atoms with Crippen molar-refractivity contribution >= 4 is 22.8 Å². The topological polar surface area (TPSA) is 107 Å². The average molecular weight is 424 g/mol. The van der Waals surface area contributed by atoms with E-state index in [0.29, 0.717) is 17.0 Å². The summed E-state index contributed by atoms with van der Waals surface area (Å²) in [5.74, 6) is -0.441. The van der Waals surface area contributed by atoms with Crippen molar-refractivity contribution in [1.29, 1.82) is 0 Å². The molecule has 1 aliphatic carbocycles. The Morgan fingerprint density at radius 2 is 1.94 bits per heavy atom. The smallest absolute Gasteiger partial charge is 0.251 e. The molecule has 1 unspecified atom stereocenters. The second-order valence-electron chi connectivity index (χ2n) is 7.85. The van der Waals surface area contributed by atoms with Crippen molar-refractivity contribution in [3.63, 3.8) is 0 Å². The van der Waals surface area contributed by atoms with Gasteiger partial charge in [0.05, 0.1) is 24.3 Å². The molecule has 1 aromatic heterocycles. The highest BCUT2D eigenvalue weighted by atomic mass is 19.1. The van der Waals surface area contributed by atoms with Crippen LogP contribution >= 0.6 is 0 Å². The summed E-state index contributed by atoms with van der Waals surface area (Å²) in [5, 5.41) is 26.1. The minimum Gasteiger partial charge on any atom is -0.394 e. The largest absolute Gasteiger partial charge is 0.394 e. The molecule has 7 nitrogen and oxygen atoms in total. The van der Waals surface area contributed by atoms with E-state index >= 15 is 0 Å². The number of hydrogen-bond acceptors (Lipinski definition) is 6. The summed E-state index contributed by atoms with van der Waals surface area (Å²) in [6.07, 6.45) is 4.67. The number of rotatable bonds is 6. The molecule has 4 N–H and O–H groups in total. The van der Waals surface area contributed by atoms with E-state index in [9.17, 15) is 19.4 Å². The zero-order valence-corrected chi connectivity index (χ0v) is 17.0. The van der Waals surface area contributed by atoms with E-state index in [4.69, 9.17) is 0 Å². The fourth-order valence-electron chi connectivity index (χ4n) is 3.86. The van der Waals surface area contributed by atoms with Crippen LogP contribution in [0.5, 0.6) is 0 Å². The van der Waals surface area contributed by atoms with Crippen LogP contribution in [0.3, 0.4) is 0 Å². The van der Waals surface area contributed by atoms with Gasteiger partial charge in [0.1, 0.15) is 5.82 Å². The van der Waals surface area contributed by atoms with E-state index < -0.39 is 24.4 Å². The summed E-state index contributed by atoms with van der Waals surface area (Å²) in [6, 6.07) is 10.4. The first kappa shape index (κ1) is 21.1. The molecule has 162 valence electrons. The summed E-state index contributed by atoms with van der Waals surface area (Å²) in [6.45, 7) is -0.424. The van der Waals surface area contributed by atoms with Gasteiger partial charge in [0.25, 0.3) is 5.91 Å². The third kappa shape index (κ3) is 4.98. The number of aromatic nitrogens is 2. The molecule has 1 amide bonds. The number of fused-ring (bicyclic) bond motifs is 1. The van der Waals surface area contributed by atoms with Crippen LogP contribution in [0, 0.1) is 5.82 Å². The van der Waals surface area contributed by atoms with E-state index in [1.807, 2.05) is 0 Å². The lowest BCUT2D eigenvalue weighted by atomic mass is 9.93. The van der Waals surface area contributed by atoms with Gasteiger partial charge in [0, 0.05) is 28.8 Å². The number of aliphatic hydroxyl groups is 2. The molecular formula is C23H25FN4O3. The van der Waals surface area contributed by atoms with Crippen molar-refractivity contribution in [2.24, 2.45) is 0 Å². The predicted molar refractivity (Wildman–Crippen MR) is 115 cm³/mol. The van der Waals surface area contributed by atoms with Crippen LogP contribution in [0.15, 0.2) is 48.7 Å². The number of amides is 1. The zero-order valence-electron chi connectivity index (χ0n) is 17.0. The van der Waals surface area contributed by atoms with Crippen molar-refractivity contribution in [3.05, 3.63) is 65.6 Å². The summed E-state index contributed by atoms with van der Waals surface area (Å²) < 4.78 is 14.0. The van der Waals surface area contributed by atoms with Gasteiger partial charge in [-0.2, -0.15) is 0 Å². The second kappa shape index (κ2) is 9.36. The van der Waals surface area contributed by atoms with Gasteiger partial charge in [-0.25, -0.2) is 14.4 Å². The number of nitrogens with zero attached hydrogens (tertiary/aromatic N) is 2. The van der Waals surface area contributed by atoms with Crippen LogP contribution < -0.4 is 10.6 Å². The Morgan fingerprint density at radius 1 is 1.16 bits per heavy atom. The highest BCUT2D eigenvalue weighted by Crippen LogP contribution is 2.22. The molecule has 4 rings (SSSR count). The molecule has 0 aliphatic heterocycles. The Balaban J connectivity index is 1.50. The van der Waals surface area contributed by atoms with E-state index in [2.05, 4.69) is 20.6 Å². The molecule has 31 heavy (non-hydrogen) atoms. The lowest BCUT2D eigenvalue weighted by Crippen LogP contribution is -2.31. The molecule has 1 aliphatic rings. The monoisotopic (exact) mass is 424 g/mol. The molecule has 8 heteroatoms. The van der Waals surface area contributed by atoms with E-state index in [0.717, 1.165) is 31.1 Å². The van der Waals surface area contributed by atoms with Crippen molar-refractivity contribution in [2.75, 3.05) is 11.9 Å². The molecule has 0 bridgehead atoms. The first-order valence-electron chi connectivity index (χ1n) is 10.4. The van der Waals surface area contributed by atoms with Crippen molar-refractivity contribution < 1.29 is 19.4 Å². The van der Waals surface area contributed by atoms with Gasteiger partial charge >= 0.3 is 0 Å². The number of halogens is 1. The van der Waals surface area contributed by atoms with Crippen LogP contribution in [0.4, 0.5) is 10.3 Å². The highest BCUT2D eigenvalue weighted by molar-refractivity contribution is 5.98. The Kier molecular flexibility index (Phi) is 6.39. The summed E-state index contributed by atoms with van der Waals surface area (Å²) >= 11 is 0. The van der Waals surface area contributed by atoms with E-state index in [-0.39, 0.29) is 17.7 Å². The number of aliphatic hydroxyl groups excluding tert-OH is 2. The maximum atomic E-state index is 14.0. The number of anilines is 1. The Hall–Kier alpha value is -3.10. The van der Waals surface area contributed by atoms with Crippen molar-refractivity contribution in [1.82, 2.24) is 15.3 Å². The van der Waals surface area contributed by atoms with Crippen LogP contribution in [0.25, 0.3) is 10.9 Å². The normalized spacial score (nSPS) is 19.7. The number of benzene rings is 2. The van der Waals surface area contributed by atoms with Gasteiger partial charge in [-0.15, -0.1) is 0 Å². The van der Waals surface area contributed by atoms with Crippen molar-refractivity contribution in [2.45, 2.75) is 43.9 Å². The minimum absolute atomic E-state index is 0.207. The summed E-state index contributed by atoms with van der Waals surface area (Å²) in [7, 11) is 0. The number of nitrogens with one attached hydrogen (secondary N) is 2. The zero-order chi connectivity index (χ0) is 21.8. The van der Waals surface area contributed by atoms with Crippen LogP contribution in [-0.4, -0.2) is 44.8 Å². The third-order valence-electron chi connectivity index (χ3n) is 5.64. The fraction of sp³-hybridized carbons (Fsp3) is 0.348. The number of carbonyl (C=O) groups excluding carboxylic acids is 1. The predicted octanol–water partition coefficient (Wildman–Crippen LogP) is 2.95. The van der Waals surface area contributed by atoms with E-state index in [1.165, 1.54) is 12.1 Å². The first-order valence-corrected chi connectivity index (χ1v) is 10.4. The lowest BCUT2D eigenvalue weighted by molar-refractivity contribution is 0.0915. The average Bonchev–Trinajstić information content (AvgIpc) is 2.79. The number of hydrogen-bond donors (Lipinski definition) is 4. The van der Waals surface area contributed by atoms with Gasteiger partial charge in [0.2, 0.25) is 5.95 Å². The van der Waals surface area contributed by atoms with Gasteiger partial charge in [-0.05, 0) is 43.9 Å². The Bertz CT molecular complexity index is 1070. The van der Waals surface area contributed by atoms with Gasteiger partial charge in [0.15, 0.2) is 0 Å². The maximum absolute atomic E-state index is 14.0.